The summed E-state index contributed by atoms with van der Waals surface area (Å²) < 4.78 is 41.8. The van der Waals surface area contributed by atoms with Crippen LogP contribution in [0, 0.1) is 5.82 Å². The first kappa shape index (κ1) is 28.4. The molecule has 1 N–H and O–H groups in total. The first-order valence-corrected chi connectivity index (χ1v) is 13.6. The highest BCUT2D eigenvalue weighted by Crippen LogP contribution is 2.33. The summed E-state index contributed by atoms with van der Waals surface area (Å²) in [5.74, 6) is -1.51. The van der Waals surface area contributed by atoms with Crippen molar-refractivity contribution < 1.29 is 22.4 Å². The summed E-state index contributed by atoms with van der Waals surface area (Å²) in [4.78, 5) is 27.7. The molecular weight excluding hydrogens is 540 g/mol. The molecule has 0 spiro atoms. The van der Waals surface area contributed by atoms with E-state index < -0.39 is 40.2 Å². The van der Waals surface area contributed by atoms with Crippen LogP contribution in [-0.2, 0) is 26.2 Å². The summed E-state index contributed by atoms with van der Waals surface area (Å²) in [6.07, 6.45) is 0.264. The van der Waals surface area contributed by atoms with E-state index in [0.29, 0.717) is 10.6 Å². The standard InChI is InChI=1S/C26H26Cl2FN3O4S/c1-3-23(26(34)30-2)31(16-18-9-12-20(29)13-10-18)25(33)17-32(24-14-11-19(27)15-22(24)28)37(35,36)21-7-5-4-6-8-21/h4-15,23H,3,16-17H2,1-2H3,(H,30,34). The monoisotopic (exact) mass is 565 g/mol. The van der Waals surface area contributed by atoms with Crippen LogP contribution in [-0.4, -0.2) is 44.8 Å². The molecule has 1 unspecified atom stereocenters. The van der Waals surface area contributed by atoms with E-state index in [0.717, 1.165) is 4.31 Å². The number of hydrogen-bond acceptors (Lipinski definition) is 4. The molecule has 3 aromatic carbocycles. The number of carbonyl (C=O) groups excluding carboxylic acids is 2. The Balaban J connectivity index is 2.08. The van der Waals surface area contributed by atoms with Gasteiger partial charge in [0, 0.05) is 18.6 Å². The first-order chi connectivity index (χ1) is 17.6. The molecule has 0 saturated heterocycles. The average molecular weight is 566 g/mol. The van der Waals surface area contributed by atoms with Crippen LogP contribution >= 0.6 is 23.2 Å². The predicted molar refractivity (Wildman–Crippen MR) is 143 cm³/mol. The topological polar surface area (TPSA) is 86.8 Å². The maximum atomic E-state index is 13.8. The number of nitrogens with zero attached hydrogens (tertiary/aromatic N) is 2. The number of nitrogens with one attached hydrogen (secondary N) is 1. The molecule has 0 saturated carbocycles. The van der Waals surface area contributed by atoms with Crippen LogP contribution in [0.2, 0.25) is 10.0 Å². The van der Waals surface area contributed by atoms with Gasteiger partial charge in [0.2, 0.25) is 11.8 Å². The number of amides is 2. The van der Waals surface area contributed by atoms with Crippen LogP contribution in [0.1, 0.15) is 18.9 Å². The lowest BCUT2D eigenvalue weighted by Gasteiger charge is -2.33. The molecule has 0 aliphatic rings. The number of halogens is 3. The van der Waals surface area contributed by atoms with E-state index in [4.69, 9.17) is 23.2 Å². The first-order valence-electron chi connectivity index (χ1n) is 11.4. The minimum Gasteiger partial charge on any atom is -0.357 e. The molecule has 37 heavy (non-hydrogen) atoms. The highest BCUT2D eigenvalue weighted by atomic mass is 35.5. The van der Waals surface area contributed by atoms with Crippen molar-refractivity contribution in [1.82, 2.24) is 10.2 Å². The van der Waals surface area contributed by atoms with Crippen molar-refractivity contribution in [2.24, 2.45) is 0 Å². The fourth-order valence-corrected chi connectivity index (χ4v) is 5.80. The Bertz CT molecular complexity index is 1360. The second-order valence-corrected chi connectivity index (χ2v) is 10.8. The van der Waals surface area contributed by atoms with Crippen LogP contribution in [0.15, 0.2) is 77.7 Å². The summed E-state index contributed by atoms with van der Waals surface area (Å²) >= 11 is 12.4. The van der Waals surface area contributed by atoms with Crippen molar-refractivity contribution >= 4 is 50.7 Å². The molecule has 7 nitrogen and oxygen atoms in total. The van der Waals surface area contributed by atoms with Gasteiger partial charge in [-0.2, -0.15) is 0 Å². The van der Waals surface area contributed by atoms with E-state index in [-0.39, 0.29) is 28.6 Å². The molecular formula is C26H26Cl2FN3O4S. The molecule has 0 fully saturated rings. The van der Waals surface area contributed by atoms with Gasteiger partial charge in [0.15, 0.2) is 0 Å². The van der Waals surface area contributed by atoms with Gasteiger partial charge >= 0.3 is 0 Å². The molecule has 2 amide bonds. The molecule has 3 aromatic rings. The van der Waals surface area contributed by atoms with Crippen molar-refractivity contribution in [2.45, 2.75) is 30.8 Å². The molecule has 0 bridgehead atoms. The Hall–Kier alpha value is -3.14. The normalized spacial score (nSPS) is 12.0. The summed E-state index contributed by atoms with van der Waals surface area (Å²) in [5.41, 5.74) is 0.622. The van der Waals surface area contributed by atoms with Gasteiger partial charge in [0.25, 0.3) is 10.0 Å². The van der Waals surface area contributed by atoms with Gasteiger partial charge in [0.05, 0.1) is 15.6 Å². The highest BCUT2D eigenvalue weighted by molar-refractivity contribution is 7.92. The van der Waals surface area contributed by atoms with Crippen molar-refractivity contribution in [3.05, 3.63) is 94.2 Å². The van der Waals surface area contributed by atoms with E-state index in [1.807, 2.05) is 0 Å². The fourth-order valence-electron chi connectivity index (χ4n) is 3.79. The SMILES string of the molecule is CCC(C(=O)NC)N(Cc1ccc(F)cc1)C(=O)CN(c1ccc(Cl)cc1Cl)S(=O)(=O)c1ccccc1. The number of rotatable bonds is 10. The van der Waals surface area contributed by atoms with E-state index >= 15 is 0 Å². The Labute approximate surface area is 225 Å². The smallest absolute Gasteiger partial charge is 0.264 e. The zero-order valence-corrected chi connectivity index (χ0v) is 22.5. The third-order valence-corrected chi connectivity index (χ3v) is 8.00. The van der Waals surface area contributed by atoms with Gasteiger partial charge in [-0.15, -0.1) is 0 Å². The summed E-state index contributed by atoms with van der Waals surface area (Å²) in [6, 6.07) is 16.5. The molecule has 0 aromatic heterocycles. The van der Waals surface area contributed by atoms with Gasteiger partial charge in [-0.1, -0.05) is 60.5 Å². The van der Waals surface area contributed by atoms with Crippen molar-refractivity contribution in [3.8, 4) is 0 Å². The zero-order valence-electron chi connectivity index (χ0n) is 20.2. The van der Waals surface area contributed by atoms with Crippen LogP contribution in [0.25, 0.3) is 0 Å². The van der Waals surface area contributed by atoms with Crippen molar-refractivity contribution in [2.75, 3.05) is 17.9 Å². The van der Waals surface area contributed by atoms with Crippen LogP contribution in [0.5, 0.6) is 0 Å². The number of sulfonamides is 1. The fraction of sp³-hybridized carbons (Fsp3) is 0.231. The van der Waals surface area contributed by atoms with Gasteiger partial charge < -0.3 is 10.2 Å². The molecule has 1 atom stereocenters. The third kappa shape index (κ3) is 6.80. The van der Waals surface area contributed by atoms with Crippen LogP contribution < -0.4 is 9.62 Å². The number of anilines is 1. The minimum atomic E-state index is -4.25. The molecule has 0 aliphatic heterocycles. The Morgan fingerprint density at radius 3 is 2.22 bits per heavy atom. The van der Waals surface area contributed by atoms with E-state index in [9.17, 15) is 22.4 Å². The quantitative estimate of drug-likeness (QED) is 0.379. The predicted octanol–water partition coefficient (Wildman–Crippen LogP) is 4.88. The van der Waals surface area contributed by atoms with Gasteiger partial charge in [-0.05, 0) is 54.4 Å². The molecule has 11 heteroatoms. The molecule has 196 valence electrons. The Kier molecular flexibility index (Phi) is 9.53. The second-order valence-electron chi connectivity index (χ2n) is 8.11. The molecule has 0 heterocycles. The molecule has 3 rings (SSSR count). The minimum absolute atomic E-state index is 0.0308. The zero-order chi connectivity index (χ0) is 27.2. The maximum absolute atomic E-state index is 13.8. The number of hydrogen-bond donors (Lipinski definition) is 1. The van der Waals surface area contributed by atoms with Gasteiger partial charge in [0.1, 0.15) is 18.4 Å². The van der Waals surface area contributed by atoms with Gasteiger partial charge in [-0.25, -0.2) is 12.8 Å². The maximum Gasteiger partial charge on any atom is 0.264 e. The van der Waals surface area contributed by atoms with Crippen molar-refractivity contribution in [1.29, 1.82) is 0 Å². The van der Waals surface area contributed by atoms with E-state index in [1.54, 1.807) is 25.1 Å². The lowest BCUT2D eigenvalue weighted by molar-refractivity contribution is -0.140. The molecule has 0 radical (unpaired) electrons. The highest BCUT2D eigenvalue weighted by Gasteiger charge is 2.34. The largest absolute Gasteiger partial charge is 0.357 e. The van der Waals surface area contributed by atoms with Gasteiger partial charge in [-0.3, -0.25) is 13.9 Å². The second kappa shape index (κ2) is 12.4. The number of likely N-dealkylation sites (N-methyl/N-ethyl adjacent to an activating group) is 1. The third-order valence-electron chi connectivity index (χ3n) is 5.69. The Morgan fingerprint density at radius 2 is 1.65 bits per heavy atom. The van der Waals surface area contributed by atoms with Crippen LogP contribution in [0.4, 0.5) is 10.1 Å². The lowest BCUT2D eigenvalue weighted by Crippen LogP contribution is -2.51. The van der Waals surface area contributed by atoms with E-state index in [1.165, 1.54) is 66.5 Å². The lowest BCUT2D eigenvalue weighted by atomic mass is 10.1. The number of carbonyl (C=O) groups is 2. The number of benzene rings is 3. The van der Waals surface area contributed by atoms with E-state index in [2.05, 4.69) is 5.32 Å². The van der Waals surface area contributed by atoms with Crippen LogP contribution in [0.3, 0.4) is 0 Å². The average Bonchev–Trinajstić information content (AvgIpc) is 2.88. The Morgan fingerprint density at radius 1 is 1.00 bits per heavy atom. The summed E-state index contributed by atoms with van der Waals surface area (Å²) in [7, 11) is -2.80. The molecule has 0 aliphatic carbocycles. The summed E-state index contributed by atoms with van der Waals surface area (Å²) in [6.45, 7) is 1.05. The summed E-state index contributed by atoms with van der Waals surface area (Å²) in [5, 5.41) is 2.87. The van der Waals surface area contributed by atoms with Crippen molar-refractivity contribution in [3.63, 3.8) is 0 Å².